The molecular formula is C19H15ClN4O. The van der Waals surface area contributed by atoms with E-state index in [0.29, 0.717) is 11.0 Å². The molecule has 2 aromatic carbocycles. The molecule has 0 bridgehead atoms. The molecule has 0 saturated carbocycles. The number of aromatic nitrogens is 3. The second-order valence-corrected chi connectivity index (χ2v) is 5.94. The second kappa shape index (κ2) is 6.45. The lowest BCUT2D eigenvalue weighted by Crippen LogP contribution is -2.02. The summed E-state index contributed by atoms with van der Waals surface area (Å²) in [5.74, 6) is 1.27. The summed E-state index contributed by atoms with van der Waals surface area (Å²) in [5, 5.41) is 8.50. The minimum atomic E-state index is 0.500. The molecule has 25 heavy (non-hydrogen) atoms. The second-order valence-electron chi connectivity index (χ2n) is 5.50. The van der Waals surface area contributed by atoms with Crippen LogP contribution in [0.3, 0.4) is 0 Å². The Hall–Kier alpha value is -3.05. The molecule has 0 atom stereocenters. The standard InChI is InChI=1S/C19H15ClN4O/c1-25-17-7-3-6-15(11-17)22-19-21-12-16-8-9-18(24(16)23-19)13-4-2-5-14(20)10-13/h2-12H,1H3,(H,22,23). The molecule has 124 valence electrons. The zero-order valence-electron chi connectivity index (χ0n) is 13.5. The number of benzene rings is 2. The van der Waals surface area contributed by atoms with E-state index in [1.165, 1.54) is 0 Å². The van der Waals surface area contributed by atoms with E-state index in [4.69, 9.17) is 16.3 Å². The number of fused-ring (bicyclic) bond motifs is 1. The Bertz CT molecular complexity index is 1040. The number of anilines is 2. The maximum absolute atomic E-state index is 6.11. The van der Waals surface area contributed by atoms with Gasteiger partial charge in [-0.05, 0) is 36.4 Å². The van der Waals surface area contributed by atoms with Gasteiger partial charge in [0.1, 0.15) is 5.75 Å². The predicted molar refractivity (Wildman–Crippen MR) is 99.7 cm³/mol. The Morgan fingerprint density at radius 3 is 2.76 bits per heavy atom. The highest BCUT2D eigenvalue weighted by Crippen LogP contribution is 2.25. The average Bonchev–Trinajstić information content (AvgIpc) is 3.05. The van der Waals surface area contributed by atoms with E-state index in [1.807, 2.05) is 65.2 Å². The van der Waals surface area contributed by atoms with E-state index in [-0.39, 0.29) is 0 Å². The molecule has 0 aliphatic carbocycles. The lowest BCUT2D eigenvalue weighted by molar-refractivity contribution is 0.415. The molecule has 0 radical (unpaired) electrons. The molecule has 5 nitrogen and oxygen atoms in total. The molecule has 0 saturated heterocycles. The largest absolute Gasteiger partial charge is 0.497 e. The number of rotatable bonds is 4. The van der Waals surface area contributed by atoms with Crippen LogP contribution in [-0.4, -0.2) is 21.7 Å². The van der Waals surface area contributed by atoms with E-state index in [1.54, 1.807) is 13.3 Å². The van der Waals surface area contributed by atoms with Crippen LogP contribution in [0.4, 0.5) is 11.6 Å². The van der Waals surface area contributed by atoms with Crippen LogP contribution in [-0.2, 0) is 0 Å². The Morgan fingerprint density at radius 1 is 1.04 bits per heavy atom. The van der Waals surface area contributed by atoms with Gasteiger partial charge in [0, 0.05) is 22.3 Å². The van der Waals surface area contributed by atoms with Gasteiger partial charge < -0.3 is 10.1 Å². The summed E-state index contributed by atoms with van der Waals surface area (Å²) in [6.45, 7) is 0. The van der Waals surface area contributed by atoms with Gasteiger partial charge in [0.25, 0.3) is 0 Å². The van der Waals surface area contributed by atoms with Crippen molar-refractivity contribution in [1.29, 1.82) is 0 Å². The Kier molecular flexibility index (Phi) is 3.99. The minimum Gasteiger partial charge on any atom is -0.497 e. The highest BCUT2D eigenvalue weighted by atomic mass is 35.5. The van der Waals surface area contributed by atoms with Crippen molar-refractivity contribution in [3.05, 3.63) is 71.9 Å². The third-order valence-electron chi connectivity index (χ3n) is 3.84. The van der Waals surface area contributed by atoms with Gasteiger partial charge in [-0.25, -0.2) is 9.50 Å². The Balaban J connectivity index is 1.73. The first kappa shape index (κ1) is 15.5. The number of hydrogen-bond donors (Lipinski definition) is 1. The molecule has 0 aliphatic rings. The van der Waals surface area contributed by atoms with Crippen molar-refractivity contribution in [2.75, 3.05) is 12.4 Å². The van der Waals surface area contributed by atoms with Gasteiger partial charge in [-0.15, -0.1) is 5.10 Å². The van der Waals surface area contributed by atoms with Gasteiger partial charge in [-0.1, -0.05) is 29.8 Å². The quantitative estimate of drug-likeness (QED) is 0.574. The summed E-state index contributed by atoms with van der Waals surface area (Å²) in [6, 6.07) is 19.3. The first-order valence-corrected chi connectivity index (χ1v) is 8.12. The van der Waals surface area contributed by atoms with Crippen LogP contribution in [0, 0.1) is 0 Å². The Labute approximate surface area is 149 Å². The van der Waals surface area contributed by atoms with Gasteiger partial charge in [0.15, 0.2) is 0 Å². The number of nitrogens with one attached hydrogen (secondary N) is 1. The normalized spacial score (nSPS) is 10.8. The summed E-state index contributed by atoms with van der Waals surface area (Å²) in [7, 11) is 1.64. The van der Waals surface area contributed by atoms with Crippen molar-refractivity contribution < 1.29 is 4.74 Å². The molecule has 0 amide bonds. The smallest absolute Gasteiger partial charge is 0.245 e. The third kappa shape index (κ3) is 3.14. The van der Waals surface area contributed by atoms with E-state index in [9.17, 15) is 0 Å². The SMILES string of the molecule is COc1cccc(Nc2ncc3ccc(-c4cccc(Cl)c4)n3n2)c1. The van der Waals surface area contributed by atoms with Gasteiger partial charge in [0.05, 0.1) is 24.5 Å². The fourth-order valence-corrected chi connectivity index (χ4v) is 2.85. The molecule has 0 aliphatic heterocycles. The molecule has 4 aromatic rings. The molecule has 0 fully saturated rings. The molecule has 6 heteroatoms. The fourth-order valence-electron chi connectivity index (χ4n) is 2.66. The van der Waals surface area contributed by atoms with Gasteiger partial charge >= 0.3 is 0 Å². The number of methoxy groups -OCH3 is 1. The zero-order valence-corrected chi connectivity index (χ0v) is 14.2. The van der Waals surface area contributed by atoms with Crippen molar-refractivity contribution in [2.45, 2.75) is 0 Å². The summed E-state index contributed by atoms with van der Waals surface area (Å²) in [4.78, 5) is 4.37. The van der Waals surface area contributed by atoms with Gasteiger partial charge in [0.2, 0.25) is 5.95 Å². The summed E-state index contributed by atoms with van der Waals surface area (Å²) in [5.41, 5.74) is 3.72. The van der Waals surface area contributed by atoms with E-state index >= 15 is 0 Å². The number of hydrogen-bond acceptors (Lipinski definition) is 4. The third-order valence-corrected chi connectivity index (χ3v) is 4.08. The molecule has 2 aromatic heterocycles. The van der Waals surface area contributed by atoms with Crippen LogP contribution in [0.25, 0.3) is 16.8 Å². The fraction of sp³-hybridized carbons (Fsp3) is 0.0526. The highest BCUT2D eigenvalue weighted by molar-refractivity contribution is 6.30. The lowest BCUT2D eigenvalue weighted by Gasteiger charge is -2.08. The monoisotopic (exact) mass is 350 g/mol. The van der Waals surface area contributed by atoms with Crippen LogP contribution in [0.15, 0.2) is 66.9 Å². The molecule has 2 heterocycles. The average molecular weight is 351 g/mol. The minimum absolute atomic E-state index is 0.500. The molecule has 0 unspecified atom stereocenters. The van der Waals surface area contributed by atoms with Crippen molar-refractivity contribution >= 4 is 28.8 Å². The maximum Gasteiger partial charge on any atom is 0.245 e. The van der Waals surface area contributed by atoms with Crippen molar-refractivity contribution in [2.24, 2.45) is 0 Å². The molecule has 1 N–H and O–H groups in total. The molecule has 4 rings (SSSR count). The maximum atomic E-state index is 6.11. The number of nitrogens with zero attached hydrogens (tertiary/aromatic N) is 3. The zero-order chi connectivity index (χ0) is 17.2. The molecule has 0 spiro atoms. The van der Waals surface area contributed by atoms with Crippen molar-refractivity contribution in [1.82, 2.24) is 14.6 Å². The van der Waals surface area contributed by atoms with Gasteiger partial charge in [-0.3, -0.25) is 0 Å². The van der Waals surface area contributed by atoms with Gasteiger partial charge in [-0.2, -0.15) is 0 Å². The summed E-state index contributed by atoms with van der Waals surface area (Å²) < 4.78 is 7.09. The highest BCUT2D eigenvalue weighted by Gasteiger charge is 2.08. The predicted octanol–water partition coefficient (Wildman–Crippen LogP) is 4.80. The lowest BCUT2D eigenvalue weighted by atomic mass is 10.2. The van der Waals surface area contributed by atoms with Crippen LogP contribution >= 0.6 is 11.6 Å². The molecular weight excluding hydrogens is 336 g/mol. The van der Waals surface area contributed by atoms with Crippen molar-refractivity contribution in [3.63, 3.8) is 0 Å². The van der Waals surface area contributed by atoms with Crippen molar-refractivity contribution in [3.8, 4) is 17.0 Å². The van der Waals surface area contributed by atoms with E-state index in [0.717, 1.165) is 28.2 Å². The number of halogens is 1. The topological polar surface area (TPSA) is 51.5 Å². The summed E-state index contributed by atoms with van der Waals surface area (Å²) >= 11 is 6.11. The number of ether oxygens (including phenoxy) is 1. The van der Waals surface area contributed by atoms with E-state index < -0.39 is 0 Å². The Morgan fingerprint density at radius 2 is 1.92 bits per heavy atom. The summed E-state index contributed by atoms with van der Waals surface area (Å²) in [6.07, 6.45) is 1.78. The van der Waals surface area contributed by atoms with Crippen LogP contribution in [0.5, 0.6) is 5.75 Å². The van der Waals surface area contributed by atoms with Crippen LogP contribution in [0.2, 0.25) is 5.02 Å². The van der Waals surface area contributed by atoms with Crippen LogP contribution in [0.1, 0.15) is 0 Å². The van der Waals surface area contributed by atoms with E-state index in [2.05, 4.69) is 15.4 Å². The van der Waals surface area contributed by atoms with Crippen LogP contribution < -0.4 is 10.1 Å². The first-order chi connectivity index (χ1) is 12.2. The first-order valence-electron chi connectivity index (χ1n) is 7.75.